The largest absolute Gasteiger partial charge is 0.505 e. The first kappa shape index (κ1) is 16.6. The number of esters is 1. The van der Waals surface area contributed by atoms with E-state index in [1.165, 1.54) is 7.11 Å². The SMILES string of the molecule is COC(=O)C1=C(O)c2ccc(-c3ccccc3)n2C2(CCCCC2)C1=O. The van der Waals surface area contributed by atoms with Crippen molar-refractivity contribution in [2.24, 2.45) is 0 Å². The molecule has 2 heterocycles. The van der Waals surface area contributed by atoms with Crippen molar-refractivity contribution >= 4 is 17.5 Å². The summed E-state index contributed by atoms with van der Waals surface area (Å²) in [6.07, 6.45) is 4.19. The number of hydrogen-bond donors (Lipinski definition) is 1. The molecule has 2 aromatic rings. The molecule has 0 unspecified atom stereocenters. The quantitative estimate of drug-likeness (QED) is 0.659. The molecule has 1 aromatic carbocycles. The van der Waals surface area contributed by atoms with E-state index in [0.717, 1.165) is 30.5 Å². The van der Waals surface area contributed by atoms with Gasteiger partial charge >= 0.3 is 5.97 Å². The summed E-state index contributed by atoms with van der Waals surface area (Å²) in [7, 11) is 1.23. The minimum Gasteiger partial charge on any atom is -0.505 e. The van der Waals surface area contributed by atoms with Gasteiger partial charge in [-0.05, 0) is 30.5 Å². The summed E-state index contributed by atoms with van der Waals surface area (Å²) >= 11 is 0. The third kappa shape index (κ3) is 2.23. The van der Waals surface area contributed by atoms with Gasteiger partial charge < -0.3 is 14.4 Å². The molecule has 26 heavy (non-hydrogen) atoms. The Morgan fingerprint density at radius 2 is 1.69 bits per heavy atom. The molecule has 0 saturated heterocycles. The molecule has 1 fully saturated rings. The number of aromatic nitrogens is 1. The number of fused-ring (bicyclic) bond motifs is 2. The van der Waals surface area contributed by atoms with Crippen molar-refractivity contribution in [3.8, 4) is 11.3 Å². The average Bonchev–Trinajstić information content (AvgIpc) is 3.14. The smallest absolute Gasteiger partial charge is 0.345 e. The van der Waals surface area contributed by atoms with E-state index in [0.29, 0.717) is 18.5 Å². The minimum atomic E-state index is -0.835. The molecule has 1 saturated carbocycles. The number of ether oxygens (including phenoxy) is 1. The van der Waals surface area contributed by atoms with Crippen LogP contribution in [0.2, 0.25) is 0 Å². The lowest BCUT2D eigenvalue weighted by Crippen LogP contribution is -2.49. The van der Waals surface area contributed by atoms with Crippen molar-refractivity contribution in [2.75, 3.05) is 7.11 Å². The monoisotopic (exact) mass is 351 g/mol. The first-order valence-corrected chi connectivity index (χ1v) is 8.94. The summed E-state index contributed by atoms with van der Waals surface area (Å²) in [6.45, 7) is 0. The fourth-order valence-corrected chi connectivity index (χ4v) is 4.37. The summed E-state index contributed by atoms with van der Waals surface area (Å²) in [4.78, 5) is 25.6. The lowest BCUT2D eigenvalue weighted by molar-refractivity contribution is -0.140. The summed E-state index contributed by atoms with van der Waals surface area (Å²) < 4.78 is 6.73. The van der Waals surface area contributed by atoms with Crippen LogP contribution in [0.4, 0.5) is 0 Å². The molecule has 2 aliphatic rings. The Bertz CT molecular complexity index is 901. The van der Waals surface area contributed by atoms with E-state index in [1.54, 1.807) is 6.07 Å². The van der Waals surface area contributed by atoms with Crippen molar-refractivity contribution in [3.63, 3.8) is 0 Å². The van der Waals surface area contributed by atoms with Crippen LogP contribution in [0, 0.1) is 0 Å². The molecule has 0 atom stereocenters. The molecule has 4 rings (SSSR count). The van der Waals surface area contributed by atoms with Gasteiger partial charge in [-0.1, -0.05) is 49.6 Å². The van der Waals surface area contributed by atoms with Crippen molar-refractivity contribution in [1.82, 2.24) is 4.57 Å². The van der Waals surface area contributed by atoms with Gasteiger partial charge in [-0.25, -0.2) is 4.79 Å². The second-order valence-electron chi connectivity index (χ2n) is 6.94. The Hall–Kier alpha value is -2.82. The number of aliphatic hydroxyl groups is 1. The Morgan fingerprint density at radius 3 is 2.35 bits per heavy atom. The van der Waals surface area contributed by atoms with E-state index < -0.39 is 11.5 Å². The zero-order chi connectivity index (χ0) is 18.3. The number of ketones is 1. The summed E-state index contributed by atoms with van der Waals surface area (Å²) in [5.74, 6) is -1.39. The van der Waals surface area contributed by atoms with Gasteiger partial charge in [-0.15, -0.1) is 0 Å². The van der Waals surface area contributed by atoms with Gasteiger partial charge in [0.2, 0.25) is 0 Å². The van der Waals surface area contributed by atoms with Crippen LogP contribution in [0.3, 0.4) is 0 Å². The van der Waals surface area contributed by atoms with E-state index in [-0.39, 0.29) is 17.1 Å². The van der Waals surface area contributed by atoms with E-state index in [2.05, 4.69) is 0 Å². The maximum Gasteiger partial charge on any atom is 0.345 e. The molecule has 1 N–H and O–H groups in total. The number of aliphatic hydroxyl groups excluding tert-OH is 1. The van der Waals surface area contributed by atoms with E-state index in [4.69, 9.17) is 4.74 Å². The van der Waals surface area contributed by atoms with Gasteiger partial charge in [0, 0.05) is 5.69 Å². The van der Waals surface area contributed by atoms with E-state index in [1.807, 2.05) is 41.0 Å². The molecule has 1 aliphatic heterocycles. The van der Waals surface area contributed by atoms with Gasteiger partial charge in [-0.2, -0.15) is 0 Å². The normalized spacial score (nSPS) is 18.7. The van der Waals surface area contributed by atoms with E-state index >= 15 is 0 Å². The number of rotatable bonds is 2. The van der Waals surface area contributed by atoms with Crippen LogP contribution in [0.15, 0.2) is 48.0 Å². The Morgan fingerprint density at radius 1 is 1.04 bits per heavy atom. The molecule has 134 valence electrons. The number of Topliss-reactive ketones (excluding diaryl/α,β-unsaturated/α-hetero) is 1. The van der Waals surface area contributed by atoms with Gasteiger partial charge in [0.25, 0.3) is 0 Å². The van der Waals surface area contributed by atoms with Gasteiger partial charge in [0.15, 0.2) is 11.5 Å². The highest BCUT2D eigenvalue weighted by Crippen LogP contribution is 2.46. The van der Waals surface area contributed by atoms with Gasteiger partial charge in [0.05, 0.1) is 12.8 Å². The fraction of sp³-hybridized carbons (Fsp3) is 0.333. The van der Waals surface area contributed by atoms with Crippen LogP contribution < -0.4 is 0 Å². The molecule has 5 nitrogen and oxygen atoms in total. The first-order chi connectivity index (χ1) is 12.6. The molecular formula is C21H21NO4. The third-order valence-corrected chi connectivity index (χ3v) is 5.58. The predicted molar refractivity (Wildman–Crippen MR) is 97.5 cm³/mol. The third-order valence-electron chi connectivity index (χ3n) is 5.58. The van der Waals surface area contributed by atoms with Crippen LogP contribution in [-0.4, -0.2) is 28.5 Å². The van der Waals surface area contributed by atoms with Gasteiger partial charge in [-0.3, -0.25) is 4.79 Å². The highest BCUT2D eigenvalue weighted by molar-refractivity contribution is 6.25. The van der Waals surface area contributed by atoms with Crippen LogP contribution in [0.5, 0.6) is 0 Å². The van der Waals surface area contributed by atoms with E-state index in [9.17, 15) is 14.7 Å². The average molecular weight is 351 g/mol. The molecule has 1 aromatic heterocycles. The molecule has 5 heteroatoms. The number of hydrogen-bond acceptors (Lipinski definition) is 4. The molecule has 0 radical (unpaired) electrons. The van der Waals surface area contributed by atoms with Crippen molar-refractivity contribution in [3.05, 3.63) is 53.7 Å². The number of nitrogens with zero attached hydrogens (tertiary/aromatic N) is 1. The maximum atomic E-state index is 13.4. The van der Waals surface area contributed by atoms with Crippen LogP contribution >= 0.6 is 0 Å². The van der Waals surface area contributed by atoms with Crippen molar-refractivity contribution < 1.29 is 19.4 Å². The van der Waals surface area contributed by atoms with Crippen LogP contribution in [-0.2, 0) is 19.9 Å². The maximum absolute atomic E-state index is 13.4. The minimum absolute atomic E-state index is 0.223. The van der Waals surface area contributed by atoms with Crippen LogP contribution in [0.25, 0.3) is 17.0 Å². The predicted octanol–water partition coefficient (Wildman–Crippen LogP) is 3.84. The van der Waals surface area contributed by atoms with Crippen molar-refractivity contribution in [2.45, 2.75) is 37.6 Å². The number of benzene rings is 1. The standard InChI is InChI=1S/C21H21NO4/c1-26-20(25)17-18(23)16-11-10-15(14-8-4-2-5-9-14)22(16)21(19(17)24)12-6-3-7-13-21/h2,4-5,8-11,23H,3,6-7,12-13H2,1H3. The van der Waals surface area contributed by atoms with Crippen LogP contribution in [0.1, 0.15) is 37.8 Å². The Labute approximate surface area is 151 Å². The Kier molecular flexibility index (Phi) is 3.94. The Balaban J connectivity index is 2.00. The molecule has 0 bridgehead atoms. The number of methoxy groups -OCH3 is 1. The topological polar surface area (TPSA) is 68.5 Å². The highest BCUT2D eigenvalue weighted by atomic mass is 16.5. The lowest BCUT2D eigenvalue weighted by Gasteiger charge is -2.42. The second kappa shape index (κ2) is 6.16. The molecule has 0 amide bonds. The second-order valence-corrected chi connectivity index (χ2v) is 6.94. The molecule has 1 spiro atoms. The number of carbonyl (C=O) groups excluding carboxylic acids is 2. The summed E-state index contributed by atoms with van der Waals surface area (Å²) in [5, 5.41) is 10.7. The first-order valence-electron chi connectivity index (χ1n) is 8.94. The highest BCUT2D eigenvalue weighted by Gasteiger charge is 2.50. The zero-order valence-electron chi connectivity index (χ0n) is 14.7. The molecule has 1 aliphatic carbocycles. The zero-order valence-corrected chi connectivity index (χ0v) is 14.7. The summed E-state index contributed by atoms with van der Waals surface area (Å²) in [5.41, 5.74) is 1.31. The van der Waals surface area contributed by atoms with Crippen molar-refractivity contribution in [1.29, 1.82) is 0 Å². The fourth-order valence-electron chi connectivity index (χ4n) is 4.37. The lowest BCUT2D eigenvalue weighted by atomic mass is 9.73. The summed E-state index contributed by atoms with van der Waals surface area (Å²) in [6, 6.07) is 13.5. The number of carbonyl (C=O) groups is 2. The molecular weight excluding hydrogens is 330 g/mol. The van der Waals surface area contributed by atoms with Gasteiger partial charge in [0.1, 0.15) is 11.1 Å².